The summed E-state index contributed by atoms with van der Waals surface area (Å²) in [5.41, 5.74) is 0. The molecular weight excluding hydrogens is 420 g/mol. The average molecular weight is 443 g/mol. The van der Waals surface area contributed by atoms with Crippen molar-refractivity contribution in [1.82, 2.24) is 20.2 Å². The topological polar surface area (TPSA) is 70.2 Å². The van der Waals surface area contributed by atoms with Crippen molar-refractivity contribution in [1.29, 1.82) is 0 Å². The molecule has 1 saturated heterocycles. The molecule has 6 nitrogen and oxygen atoms in total. The van der Waals surface area contributed by atoms with Gasteiger partial charge in [-0.3, -0.25) is 0 Å². The molecule has 0 spiro atoms. The third-order valence-electron chi connectivity index (χ3n) is 5.11. The van der Waals surface area contributed by atoms with Crippen LogP contribution in [-0.2, 0) is 0 Å². The molecule has 7 heteroatoms. The number of piperidine rings is 1. The number of halogens is 1. The van der Waals surface area contributed by atoms with Crippen LogP contribution in [0.2, 0.25) is 0 Å². The first-order valence-corrected chi connectivity index (χ1v) is 10.3. The molecule has 0 atom stereocenters. The second-order valence-electron chi connectivity index (χ2n) is 6.97. The molecular formula is C21H23BrN4O2. The third-order valence-corrected chi connectivity index (χ3v) is 5.60. The SMILES string of the molecule is O=C(NCCOc1ccc2cc(Br)ccc2c1)N1CCC(c2ncc[nH]2)CC1. The lowest BCUT2D eigenvalue weighted by molar-refractivity contribution is 0.178. The maximum Gasteiger partial charge on any atom is 0.317 e. The number of likely N-dealkylation sites (tertiary alicyclic amines) is 1. The number of aromatic amines is 1. The number of carbonyl (C=O) groups is 1. The Kier molecular flexibility index (Phi) is 5.81. The Hall–Kier alpha value is -2.54. The van der Waals surface area contributed by atoms with Crippen molar-refractivity contribution in [3.63, 3.8) is 0 Å². The highest BCUT2D eigenvalue weighted by atomic mass is 79.9. The number of rotatable bonds is 5. The molecule has 0 unspecified atom stereocenters. The highest BCUT2D eigenvalue weighted by molar-refractivity contribution is 9.10. The summed E-state index contributed by atoms with van der Waals surface area (Å²) in [5.74, 6) is 2.25. The molecule has 0 aliphatic carbocycles. The highest BCUT2D eigenvalue weighted by Gasteiger charge is 2.24. The molecule has 2 heterocycles. The van der Waals surface area contributed by atoms with Crippen molar-refractivity contribution in [3.05, 3.63) is 59.1 Å². The van der Waals surface area contributed by atoms with E-state index in [1.807, 2.05) is 35.4 Å². The van der Waals surface area contributed by atoms with Crippen molar-refractivity contribution >= 4 is 32.7 Å². The number of nitrogens with zero attached hydrogens (tertiary/aromatic N) is 2. The second kappa shape index (κ2) is 8.65. The Balaban J connectivity index is 1.20. The number of imidazole rings is 1. The normalized spacial score (nSPS) is 15.0. The van der Waals surface area contributed by atoms with Gasteiger partial charge in [-0.25, -0.2) is 9.78 Å². The van der Waals surface area contributed by atoms with Crippen LogP contribution in [0.3, 0.4) is 0 Å². The van der Waals surface area contributed by atoms with Gasteiger partial charge < -0.3 is 19.9 Å². The van der Waals surface area contributed by atoms with E-state index in [9.17, 15) is 4.79 Å². The molecule has 2 aromatic carbocycles. The lowest BCUT2D eigenvalue weighted by atomic mass is 9.96. The summed E-state index contributed by atoms with van der Waals surface area (Å²) in [6.07, 6.45) is 5.50. The minimum atomic E-state index is -0.0233. The van der Waals surface area contributed by atoms with Crippen LogP contribution < -0.4 is 10.1 Å². The first-order valence-electron chi connectivity index (χ1n) is 9.53. The molecule has 1 aliphatic rings. The van der Waals surface area contributed by atoms with Gasteiger partial charge in [0.25, 0.3) is 0 Å². The Bertz CT molecular complexity index is 937. The number of ether oxygens (including phenoxy) is 1. The summed E-state index contributed by atoms with van der Waals surface area (Å²) in [6.45, 7) is 2.42. The van der Waals surface area contributed by atoms with E-state index in [4.69, 9.17) is 4.74 Å². The summed E-state index contributed by atoms with van der Waals surface area (Å²) in [4.78, 5) is 21.7. The van der Waals surface area contributed by atoms with Gasteiger partial charge in [0.1, 0.15) is 18.2 Å². The second-order valence-corrected chi connectivity index (χ2v) is 7.89. The van der Waals surface area contributed by atoms with Crippen LogP contribution >= 0.6 is 15.9 Å². The smallest absolute Gasteiger partial charge is 0.317 e. The lowest BCUT2D eigenvalue weighted by Gasteiger charge is -2.31. The largest absolute Gasteiger partial charge is 0.492 e. The molecule has 1 fully saturated rings. The number of amides is 2. The molecule has 2 N–H and O–H groups in total. The van der Waals surface area contributed by atoms with E-state index in [1.165, 1.54) is 0 Å². The van der Waals surface area contributed by atoms with Crippen molar-refractivity contribution in [2.75, 3.05) is 26.2 Å². The summed E-state index contributed by atoms with van der Waals surface area (Å²) in [5, 5.41) is 5.24. The number of nitrogens with one attached hydrogen (secondary N) is 2. The Morgan fingerprint density at radius 2 is 2.00 bits per heavy atom. The van der Waals surface area contributed by atoms with E-state index in [2.05, 4.69) is 43.3 Å². The van der Waals surface area contributed by atoms with Gasteiger partial charge in [-0.05, 0) is 47.9 Å². The summed E-state index contributed by atoms with van der Waals surface area (Å²) < 4.78 is 6.85. The van der Waals surface area contributed by atoms with Gasteiger partial charge in [0.2, 0.25) is 0 Å². The van der Waals surface area contributed by atoms with Crippen molar-refractivity contribution in [3.8, 4) is 5.75 Å². The molecule has 2 amide bonds. The summed E-state index contributed by atoms with van der Waals surface area (Å²) in [7, 11) is 0. The van der Waals surface area contributed by atoms with Crippen LogP contribution in [0.5, 0.6) is 5.75 Å². The minimum Gasteiger partial charge on any atom is -0.492 e. The van der Waals surface area contributed by atoms with E-state index in [1.54, 1.807) is 6.20 Å². The molecule has 1 aromatic heterocycles. The van der Waals surface area contributed by atoms with Gasteiger partial charge in [0, 0.05) is 35.9 Å². The number of H-pyrrole nitrogens is 1. The van der Waals surface area contributed by atoms with Crippen LogP contribution in [0, 0.1) is 0 Å². The van der Waals surface area contributed by atoms with E-state index in [0.29, 0.717) is 19.1 Å². The zero-order valence-electron chi connectivity index (χ0n) is 15.5. The number of benzene rings is 2. The molecule has 1 aliphatic heterocycles. The van der Waals surface area contributed by atoms with Gasteiger partial charge in [-0.2, -0.15) is 0 Å². The molecule has 0 bridgehead atoms. The Labute approximate surface area is 172 Å². The van der Waals surface area contributed by atoms with Gasteiger partial charge in [0.15, 0.2) is 0 Å². The van der Waals surface area contributed by atoms with Crippen molar-refractivity contribution < 1.29 is 9.53 Å². The first kappa shape index (κ1) is 18.8. The maximum atomic E-state index is 12.3. The average Bonchev–Trinajstić information content (AvgIpc) is 3.26. The third kappa shape index (κ3) is 4.47. The van der Waals surface area contributed by atoms with Crippen LogP contribution in [-0.4, -0.2) is 47.1 Å². The first-order chi connectivity index (χ1) is 13.7. The summed E-state index contributed by atoms with van der Waals surface area (Å²) in [6, 6.07) is 12.1. The number of fused-ring (bicyclic) bond motifs is 1. The monoisotopic (exact) mass is 442 g/mol. The molecule has 0 saturated carbocycles. The fourth-order valence-corrected chi connectivity index (χ4v) is 3.96. The highest BCUT2D eigenvalue weighted by Crippen LogP contribution is 2.25. The zero-order chi connectivity index (χ0) is 19.3. The maximum absolute atomic E-state index is 12.3. The Morgan fingerprint density at radius 3 is 2.79 bits per heavy atom. The Morgan fingerprint density at radius 1 is 1.21 bits per heavy atom. The molecule has 0 radical (unpaired) electrons. The number of aromatic nitrogens is 2. The summed E-state index contributed by atoms with van der Waals surface area (Å²) >= 11 is 3.48. The number of urea groups is 1. The fraction of sp³-hybridized carbons (Fsp3) is 0.333. The van der Waals surface area contributed by atoms with Crippen LogP contribution in [0.1, 0.15) is 24.6 Å². The number of hydrogen-bond acceptors (Lipinski definition) is 3. The van der Waals surface area contributed by atoms with E-state index in [-0.39, 0.29) is 6.03 Å². The van der Waals surface area contributed by atoms with Crippen molar-refractivity contribution in [2.45, 2.75) is 18.8 Å². The molecule has 146 valence electrons. The predicted octanol–water partition coefficient (Wildman–Crippen LogP) is 4.29. The van der Waals surface area contributed by atoms with Crippen LogP contribution in [0.15, 0.2) is 53.3 Å². The predicted molar refractivity (Wildman–Crippen MR) is 113 cm³/mol. The van der Waals surface area contributed by atoms with E-state index >= 15 is 0 Å². The quantitative estimate of drug-likeness (QED) is 0.578. The lowest BCUT2D eigenvalue weighted by Crippen LogP contribution is -2.45. The van der Waals surface area contributed by atoms with Gasteiger partial charge in [0.05, 0.1) is 6.54 Å². The van der Waals surface area contributed by atoms with Gasteiger partial charge in [-0.15, -0.1) is 0 Å². The van der Waals surface area contributed by atoms with E-state index in [0.717, 1.165) is 52.8 Å². The fourth-order valence-electron chi connectivity index (χ4n) is 3.58. The zero-order valence-corrected chi connectivity index (χ0v) is 17.1. The number of hydrogen-bond donors (Lipinski definition) is 2. The minimum absolute atomic E-state index is 0.0233. The molecule has 3 aromatic rings. The molecule has 4 rings (SSSR count). The van der Waals surface area contributed by atoms with Gasteiger partial charge >= 0.3 is 6.03 Å². The number of carbonyl (C=O) groups excluding carboxylic acids is 1. The van der Waals surface area contributed by atoms with Crippen molar-refractivity contribution in [2.24, 2.45) is 0 Å². The standard InChI is InChI=1S/C21H23BrN4O2/c22-18-3-1-17-14-19(4-2-16(17)13-18)28-12-9-25-21(27)26-10-5-15(6-11-26)20-23-7-8-24-20/h1-4,7-8,13-15H,5-6,9-12H2,(H,23,24)(H,25,27). The van der Waals surface area contributed by atoms with Gasteiger partial charge in [-0.1, -0.05) is 28.1 Å². The van der Waals surface area contributed by atoms with Crippen LogP contribution in [0.4, 0.5) is 4.79 Å². The van der Waals surface area contributed by atoms with E-state index < -0.39 is 0 Å². The molecule has 28 heavy (non-hydrogen) atoms. The van der Waals surface area contributed by atoms with Crippen LogP contribution in [0.25, 0.3) is 10.8 Å².